The fraction of sp³-hybridized carbons (Fsp3) is 0.562. The minimum absolute atomic E-state index is 0.0158. The van der Waals surface area contributed by atoms with E-state index in [1.807, 2.05) is 13.1 Å². The maximum absolute atomic E-state index is 14.4. The van der Waals surface area contributed by atoms with Crippen molar-refractivity contribution < 1.29 is 9.18 Å². The van der Waals surface area contributed by atoms with E-state index in [0.717, 1.165) is 5.56 Å². The van der Waals surface area contributed by atoms with Crippen LogP contribution in [0, 0.1) is 17.7 Å². The Morgan fingerprint density at radius 3 is 2.55 bits per heavy atom. The molecule has 110 valence electrons. The maximum Gasteiger partial charge on any atom is 0.224 e. The molecular weight excluding hydrogens is 255 g/mol. The smallest absolute Gasteiger partial charge is 0.224 e. The first-order chi connectivity index (χ1) is 9.43. The third kappa shape index (κ3) is 2.85. The molecule has 0 aliphatic carbocycles. The average Bonchev–Trinajstić information content (AvgIpc) is 2.39. The Labute approximate surface area is 120 Å². The molecule has 3 nitrogen and oxygen atoms in total. The van der Waals surface area contributed by atoms with Crippen LogP contribution in [-0.4, -0.2) is 13.0 Å². The van der Waals surface area contributed by atoms with Crippen LogP contribution in [0.4, 0.5) is 10.1 Å². The van der Waals surface area contributed by atoms with Crippen molar-refractivity contribution in [3.63, 3.8) is 0 Å². The van der Waals surface area contributed by atoms with Gasteiger partial charge in [0.1, 0.15) is 5.82 Å². The molecule has 1 aliphatic heterocycles. The van der Waals surface area contributed by atoms with Gasteiger partial charge in [0.15, 0.2) is 0 Å². The van der Waals surface area contributed by atoms with Gasteiger partial charge in [-0.1, -0.05) is 20.8 Å². The first-order valence-corrected chi connectivity index (χ1v) is 7.23. The number of benzene rings is 1. The van der Waals surface area contributed by atoms with Crippen molar-refractivity contribution in [2.24, 2.45) is 11.8 Å². The second kappa shape index (κ2) is 5.92. The zero-order chi connectivity index (χ0) is 14.9. The Hall–Kier alpha value is -1.42. The van der Waals surface area contributed by atoms with Gasteiger partial charge in [-0.3, -0.25) is 4.79 Å². The van der Waals surface area contributed by atoms with Crippen LogP contribution in [0.25, 0.3) is 0 Å². The molecule has 1 heterocycles. The highest BCUT2D eigenvalue weighted by Crippen LogP contribution is 2.33. The molecule has 1 aromatic carbocycles. The van der Waals surface area contributed by atoms with Gasteiger partial charge in [0.2, 0.25) is 5.91 Å². The molecule has 2 atom stereocenters. The van der Waals surface area contributed by atoms with Gasteiger partial charge in [-0.25, -0.2) is 4.39 Å². The molecule has 0 fully saturated rings. The van der Waals surface area contributed by atoms with Crippen LogP contribution in [0.15, 0.2) is 12.1 Å². The average molecular weight is 278 g/mol. The Morgan fingerprint density at radius 1 is 1.25 bits per heavy atom. The lowest BCUT2D eigenvalue weighted by Gasteiger charge is -2.29. The van der Waals surface area contributed by atoms with Crippen molar-refractivity contribution in [2.75, 3.05) is 12.4 Å². The van der Waals surface area contributed by atoms with Crippen LogP contribution < -0.4 is 10.6 Å². The first-order valence-electron chi connectivity index (χ1n) is 7.23. The van der Waals surface area contributed by atoms with Crippen LogP contribution in [0.2, 0.25) is 0 Å². The summed E-state index contributed by atoms with van der Waals surface area (Å²) in [4.78, 5) is 11.4. The Balaban J connectivity index is 2.39. The summed E-state index contributed by atoms with van der Waals surface area (Å²) in [6.45, 7) is 6.42. The van der Waals surface area contributed by atoms with E-state index in [1.54, 1.807) is 0 Å². The molecule has 0 saturated heterocycles. The van der Waals surface area contributed by atoms with Gasteiger partial charge in [0, 0.05) is 23.7 Å². The summed E-state index contributed by atoms with van der Waals surface area (Å²) in [6, 6.07) is 3.35. The topological polar surface area (TPSA) is 41.1 Å². The van der Waals surface area contributed by atoms with Crippen LogP contribution >= 0.6 is 0 Å². The summed E-state index contributed by atoms with van der Waals surface area (Å²) in [7, 11) is 1.87. The molecule has 2 rings (SSSR count). The van der Waals surface area contributed by atoms with Crippen LogP contribution in [0.5, 0.6) is 0 Å². The monoisotopic (exact) mass is 278 g/mol. The molecule has 1 aliphatic rings. The molecule has 0 aromatic heterocycles. The normalized spacial score (nSPS) is 17.6. The van der Waals surface area contributed by atoms with Crippen molar-refractivity contribution >= 4 is 11.6 Å². The number of fused-ring (bicyclic) bond motifs is 1. The van der Waals surface area contributed by atoms with E-state index < -0.39 is 0 Å². The molecule has 0 bridgehead atoms. The largest absolute Gasteiger partial charge is 0.326 e. The number of anilines is 1. The molecule has 1 aromatic rings. The van der Waals surface area contributed by atoms with Crippen LogP contribution in [-0.2, 0) is 11.2 Å². The van der Waals surface area contributed by atoms with E-state index in [2.05, 4.69) is 31.4 Å². The van der Waals surface area contributed by atoms with Crippen molar-refractivity contribution in [2.45, 2.75) is 39.7 Å². The van der Waals surface area contributed by atoms with Crippen molar-refractivity contribution in [1.29, 1.82) is 0 Å². The number of halogens is 1. The molecule has 4 heteroatoms. The predicted octanol–water partition coefficient (Wildman–Crippen LogP) is 3.26. The second-order valence-corrected chi connectivity index (χ2v) is 5.95. The van der Waals surface area contributed by atoms with Gasteiger partial charge >= 0.3 is 0 Å². The van der Waals surface area contributed by atoms with Crippen molar-refractivity contribution in [3.8, 4) is 0 Å². The number of carbonyl (C=O) groups is 1. The van der Waals surface area contributed by atoms with E-state index in [4.69, 9.17) is 0 Å². The SMILES string of the molecule is CNC(c1cc2c(cc1F)NC(=O)CC2)C(C)C(C)C. The molecule has 2 unspecified atom stereocenters. The number of hydrogen-bond donors (Lipinski definition) is 2. The molecule has 1 amide bonds. The fourth-order valence-electron chi connectivity index (χ4n) is 2.75. The highest BCUT2D eigenvalue weighted by molar-refractivity contribution is 5.93. The van der Waals surface area contributed by atoms with Gasteiger partial charge in [0.05, 0.1) is 0 Å². The van der Waals surface area contributed by atoms with Crippen LogP contribution in [0.1, 0.15) is 44.4 Å². The molecule has 0 spiro atoms. The summed E-state index contributed by atoms with van der Waals surface area (Å²) in [5.41, 5.74) is 2.34. The van der Waals surface area contributed by atoms with Crippen molar-refractivity contribution in [1.82, 2.24) is 5.32 Å². The standard InChI is InChI=1S/C16H23FN2O/c1-9(2)10(3)16(18-4)12-7-11-5-6-15(20)19-14(11)8-13(12)17/h7-10,16,18H,5-6H2,1-4H3,(H,19,20). The third-order valence-corrected chi connectivity index (χ3v) is 4.34. The number of carbonyl (C=O) groups excluding carboxylic acids is 1. The predicted molar refractivity (Wildman–Crippen MR) is 79.2 cm³/mol. The van der Waals surface area contributed by atoms with Gasteiger partial charge < -0.3 is 10.6 Å². The minimum atomic E-state index is -0.252. The molecule has 0 radical (unpaired) electrons. The Kier molecular flexibility index (Phi) is 4.43. The summed E-state index contributed by atoms with van der Waals surface area (Å²) < 4.78 is 14.4. The maximum atomic E-state index is 14.4. The summed E-state index contributed by atoms with van der Waals surface area (Å²) in [5, 5.41) is 5.97. The quantitative estimate of drug-likeness (QED) is 0.887. The van der Waals surface area contributed by atoms with E-state index in [0.29, 0.717) is 35.9 Å². The first kappa shape index (κ1) is 15.0. The van der Waals surface area contributed by atoms with Crippen LogP contribution in [0.3, 0.4) is 0 Å². The van der Waals surface area contributed by atoms with Gasteiger partial charge in [-0.15, -0.1) is 0 Å². The molecule has 2 N–H and O–H groups in total. The number of rotatable bonds is 4. The zero-order valence-corrected chi connectivity index (χ0v) is 12.6. The van der Waals surface area contributed by atoms with E-state index >= 15 is 0 Å². The Bertz CT molecular complexity index is 513. The lowest BCUT2D eigenvalue weighted by molar-refractivity contribution is -0.116. The summed E-state index contributed by atoms with van der Waals surface area (Å²) in [5.74, 6) is 0.497. The van der Waals surface area contributed by atoms with E-state index in [-0.39, 0.29) is 17.8 Å². The fourth-order valence-corrected chi connectivity index (χ4v) is 2.75. The number of nitrogens with one attached hydrogen (secondary N) is 2. The summed E-state index contributed by atoms with van der Waals surface area (Å²) >= 11 is 0. The summed E-state index contributed by atoms with van der Waals surface area (Å²) in [6.07, 6.45) is 1.16. The minimum Gasteiger partial charge on any atom is -0.326 e. The number of hydrogen-bond acceptors (Lipinski definition) is 2. The number of amides is 1. The van der Waals surface area contributed by atoms with Gasteiger partial charge in [-0.2, -0.15) is 0 Å². The molecule has 0 saturated carbocycles. The van der Waals surface area contributed by atoms with Gasteiger partial charge in [-0.05, 0) is 43.0 Å². The molecule has 20 heavy (non-hydrogen) atoms. The Morgan fingerprint density at radius 2 is 1.95 bits per heavy atom. The van der Waals surface area contributed by atoms with E-state index in [9.17, 15) is 9.18 Å². The van der Waals surface area contributed by atoms with E-state index in [1.165, 1.54) is 6.07 Å². The third-order valence-electron chi connectivity index (χ3n) is 4.34. The lowest BCUT2D eigenvalue weighted by Crippen LogP contribution is -2.28. The number of aryl methyl sites for hydroxylation is 1. The molecular formula is C16H23FN2O. The lowest BCUT2D eigenvalue weighted by atomic mass is 9.84. The highest BCUT2D eigenvalue weighted by atomic mass is 19.1. The zero-order valence-electron chi connectivity index (χ0n) is 12.6. The van der Waals surface area contributed by atoms with Gasteiger partial charge in [0.25, 0.3) is 0 Å². The second-order valence-electron chi connectivity index (χ2n) is 5.95. The highest BCUT2D eigenvalue weighted by Gasteiger charge is 2.25. The van der Waals surface area contributed by atoms with Crippen molar-refractivity contribution in [3.05, 3.63) is 29.1 Å².